The summed E-state index contributed by atoms with van der Waals surface area (Å²) in [4.78, 5) is 2.44. The molecular formula is C17H29ClN2O2. The Labute approximate surface area is 140 Å². The average molecular weight is 329 g/mol. The van der Waals surface area contributed by atoms with E-state index in [-0.39, 0.29) is 12.4 Å². The maximum atomic E-state index is 5.96. The third kappa shape index (κ3) is 6.03. The summed E-state index contributed by atoms with van der Waals surface area (Å²) in [5, 5.41) is 0. The summed E-state index contributed by atoms with van der Waals surface area (Å²) < 4.78 is 11.3. The van der Waals surface area contributed by atoms with Gasteiger partial charge in [-0.1, -0.05) is 6.92 Å². The zero-order valence-electron chi connectivity index (χ0n) is 13.7. The number of nitrogens with two attached hydrogens (primary N) is 1. The van der Waals surface area contributed by atoms with Gasteiger partial charge in [0.05, 0.1) is 6.61 Å². The molecule has 2 unspecified atom stereocenters. The summed E-state index contributed by atoms with van der Waals surface area (Å²) in [6.07, 6.45) is 2.23. The third-order valence-corrected chi connectivity index (χ3v) is 4.03. The molecule has 1 aliphatic heterocycles. The van der Waals surface area contributed by atoms with Crippen molar-refractivity contribution in [3.05, 3.63) is 24.3 Å². The SMILES string of the molecule is CCCOc1ccc(OCCN2CCC(C(C)N)C2)cc1.Cl. The van der Waals surface area contributed by atoms with E-state index in [0.717, 1.165) is 50.8 Å². The number of halogens is 1. The number of benzene rings is 1. The fourth-order valence-corrected chi connectivity index (χ4v) is 2.64. The first-order valence-electron chi connectivity index (χ1n) is 8.02. The Morgan fingerprint density at radius 2 is 1.77 bits per heavy atom. The molecule has 2 atom stereocenters. The number of hydrogen-bond acceptors (Lipinski definition) is 4. The number of ether oxygens (including phenoxy) is 2. The molecule has 0 saturated carbocycles. The van der Waals surface area contributed by atoms with Crippen molar-refractivity contribution in [2.24, 2.45) is 11.7 Å². The molecule has 1 fully saturated rings. The molecule has 0 spiro atoms. The monoisotopic (exact) mass is 328 g/mol. The van der Waals surface area contributed by atoms with Crippen molar-refractivity contribution in [1.29, 1.82) is 0 Å². The quantitative estimate of drug-likeness (QED) is 0.797. The van der Waals surface area contributed by atoms with E-state index in [2.05, 4.69) is 18.7 Å². The van der Waals surface area contributed by atoms with Gasteiger partial charge in [0.2, 0.25) is 0 Å². The maximum Gasteiger partial charge on any atom is 0.119 e. The summed E-state index contributed by atoms with van der Waals surface area (Å²) in [7, 11) is 0. The van der Waals surface area contributed by atoms with E-state index < -0.39 is 0 Å². The Kier molecular flexibility index (Phi) is 8.61. The molecule has 4 nitrogen and oxygen atoms in total. The largest absolute Gasteiger partial charge is 0.494 e. The standard InChI is InChI=1S/C17H28N2O2.ClH/c1-3-11-20-16-4-6-17(7-5-16)21-12-10-19-9-8-15(13-19)14(2)18;/h4-7,14-15H,3,8-13,18H2,1-2H3;1H. The average Bonchev–Trinajstić information content (AvgIpc) is 2.95. The van der Waals surface area contributed by atoms with Crippen LogP contribution in [0.5, 0.6) is 11.5 Å². The molecule has 1 aliphatic rings. The fourth-order valence-electron chi connectivity index (χ4n) is 2.64. The first-order valence-corrected chi connectivity index (χ1v) is 8.02. The van der Waals surface area contributed by atoms with Crippen molar-refractivity contribution in [3.63, 3.8) is 0 Å². The number of hydrogen-bond donors (Lipinski definition) is 1. The van der Waals surface area contributed by atoms with Gasteiger partial charge in [-0.3, -0.25) is 4.90 Å². The highest BCUT2D eigenvalue weighted by atomic mass is 35.5. The summed E-state index contributed by atoms with van der Waals surface area (Å²) in [6.45, 7) is 8.90. The first-order chi connectivity index (χ1) is 10.2. The topological polar surface area (TPSA) is 47.7 Å². The highest BCUT2D eigenvalue weighted by Crippen LogP contribution is 2.19. The normalized spacial score (nSPS) is 19.5. The smallest absolute Gasteiger partial charge is 0.119 e. The van der Waals surface area contributed by atoms with Crippen LogP contribution < -0.4 is 15.2 Å². The predicted molar refractivity (Wildman–Crippen MR) is 93.2 cm³/mol. The molecule has 0 aliphatic carbocycles. The summed E-state index contributed by atoms with van der Waals surface area (Å²) in [5.74, 6) is 2.45. The van der Waals surface area contributed by atoms with E-state index in [0.29, 0.717) is 12.0 Å². The Morgan fingerprint density at radius 1 is 1.18 bits per heavy atom. The molecule has 1 heterocycles. The molecule has 0 aromatic heterocycles. The summed E-state index contributed by atoms with van der Waals surface area (Å²) in [6, 6.07) is 8.17. The van der Waals surface area contributed by atoms with E-state index in [1.807, 2.05) is 24.3 Å². The number of likely N-dealkylation sites (tertiary alicyclic amines) is 1. The minimum absolute atomic E-state index is 0. The van der Waals surface area contributed by atoms with E-state index in [1.165, 1.54) is 6.42 Å². The number of nitrogens with zero attached hydrogens (tertiary/aromatic N) is 1. The van der Waals surface area contributed by atoms with Crippen LogP contribution in [0.2, 0.25) is 0 Å². The first kappa shape index (κ1) is 19.1. The van der Waals surface area contributed by atoms with Crippen LogP contribution in [0.4, 0.5) is 0 Å². The van der Waals surface area contributed by atoms with Crippen LogP contribution in [0.1, 0.15) is 26.7 Å². The zero-order valence-corrected chi connectivity index (χ0v) is 14.5. The van der Waals surface area contributed by atoms with Gasteiger partial charge in [-0.2, -0.15) is 0 Å². The van der Waals surface area contributed by atoms with Gasteiger partial charge >= 0.3 is 0 Å². The van der Waals surface area contributed by atoms with Crippen LogP contribution in [-0.4, -0.2) is 43.8 Å². The zero-order chi connectivity index (χ0) is 15.1. The molecule has 1 aromatic carbocycles. The van der Waals surface area contributed by atoms with Crippen LogP contribution in [0.25, 0.3) is 0 Å². The summed E-state index contributed by atoms with van der Waals surface area (Å²) >= 11 is 0. The second-order valence-corrected chi connectivity index (χ2v) is 5.88. The lowest BCUT2D eigenvalue weighted by Crippen LogP contribution is -2.31. The van der Waals surface area contributed by atoms with Crippen LogP contribution in [-0.2, 0) is 0 Å². The molecule has 2 N–H and O–H groups in total. The molecule has 5 heteroatoms. The molecule has 0 radical (unpaired) electrons. The number of rotatable bonds is 8. The molecule has 2 rings (SSSR count). The van der Waals surface area contributed by atoms with Crippen LogP contribution in [0, 0.1) is 5.92 Å². The Morgan fingerprint density at radius 3 is 2.27 bits per heavy atom. The Hall–Kier alpha value is -0.970. The highest BCUT2D eigenvalue weighted by molar-refractivity contribution is 5.85. The van der Waals surface area contributed by atoms with Crippen LogP contribution in [0.15, 0.2) is 24.3 Å². The van der Waals surface area contributed by atoms with Gasteiger partial charge < -0.3 is 15.2 Å². The third-order valence-electron chi connectivity index (χ3n) is 4.03. The van der Waals surface area contributed by atoms with E-state index in [4.69, 9.17) is 15.2 Å². The van der Waals surface area contributed by atoms with Gasteiger partial charge in [0, 0.05) is 19.1 Å². The van der Waals surface area contributed by atoms with Crippen molar-refractivity contribution in [1.82, 2.24) is 4.90 Å². The van der Waals surface area contributed by atoms with Crippen molar-refractivity contribution in [3.8, 4) is 11.5 Å². The molecule has 0 amide bonds. The lowest BCUT2D eigenvalue weighted by molar-refractivity contribution is 0.230. The fraction of sp³-hybridized carbons (Fsp3) is 0.647. The molecular weight excluding hydrogens is 300 g/mol. The molecule has 1 saturated heterocycles. The van der Waals surface area contributed by atoms with Gasteiger partial charge in [0.15, 0.2) is 0 Å². The molecule has 0 bridgehead atoms. The van der Waals surface area contributed by atoms with Crippen molar-refractivity contribution < 1.29 is 9.47 Å². The summed E-state index contributed by atoms with van der Waals surface area (Å²) in [5.41, 5.74) is 5.96. The lowest BCUT2D eigenvalue weighted by atomic mass is 10.0. The predicted octanol–water partition coefficient (Wildman–Crippen LogP) is 2.95. The van der Waals surface area contributed by atoms with Gasteiger partial charge in [-0.25, -0.2) is 0 Å². The highest BCUT2D eigenvalue weighted by Gasteiger charge is 2.24. The van der Waals surface area contributed by atoms with Gasteiger partial charge in [0.1, 0.15) is 18.1 Å². The Bertz CT molecular complexity index is 412. The Balaban J connectivity index is 0.00000242. The molecule has 1 aromatic rings. The lowest BCUT2D eigenvalue weighted by Gasteiger charge is -2.18. The second kappa shape index (κ2) is 9.93. The minimum Gasteiger partial charge on any atom is -0.494 e. The maximum absolute atomic E-state index is 5.96. The van der Waals surface area contributed by atoms with Crippen molar-refractivity contribution >= 4 is 12.4 Å². The van der Waals surface area contributed by atoms with Crippen LogP contribution in [0.3, 0.4) is 0 Å². The van der Waals surface area contributed by atoms with Crippen molar-refractivity contribution in [2.75, 3.05) is 32.8 Å². The van der Waals surface area contributed by atoms with Crippen molar-refractivity contribution in [2.45, 2.75) is 32.7 Å². The molecule has 22 heavy (non-hydrogen) atoms. The van der Waals surface area contributed by atoms with Gasteiger partial charge in [-0.05, 0) is 56.5 Å². The minimum atomic E-state index is 0. The second-order valence-electron chi connectivity index (χ2n) is 5.88. The van der Waals surface area contributed by atoms with Gasteiger partial charge in [0.25, 0.3) is 0 Å². The van der Waals surface area contributed by atoms with Crippen LogP contribution >= 0.6 is 12.4 Å². The van der Waals surface area contributed by atoms with Gasteiger partial charge in [-0.15, -0.1) is 12.4 Å². The van der Waals surface area contributed by atoms with E-state index >= 15 is 0 Å². The van der Waals surface area contributed by atoms with E-state index in [9.17, 15) is 0 Å². The molecule has 126 valence electrons. The van der Waals surface area contributed by atoms with E-state index in [1.54, 1.807) is 0 Å².